The van der Waals surface area contributed by atoms with E-state index in [1.165, 1.54) is 23.7 Å². The largest absolute Gasteiger partial charge is 0.337 e. The van der Waals surface area contributed by atoms with E-state index in [0.29, 0.717) is 18.8 Å². The number of aromatic amines is 1. The number of H-pyrrole nitrogens is 1. The molecule has 8 heteroatoms. The molecule has 1 N–H and O–H groups in total. The van der Waals surface area contributed by atoms with Crippen LogP contribution < -0.4 is 5.56 Å². The lowest BCUT2D eigenvalue weighted by Crippen LogP contribution is -2.39. The fourth-order valence-electron chi connectivity index (χ4n) is 3.06. The Balaban J connectivity index is 1.51. The molecule has 0 saturated carbocycles. The van der Waals surface area contributed by atoms with E-state index in [1.807, 2.05) is 27.8 Å². The van der Waals surface area contributed by atoms with Crippen molar-refractivity contribution in [2.45, 2.75) is 18.8 Å². The molecule has 6 nitrogen and oxygen atoms in total. The number of carbonyl (C=O) groups is 1. The highest BCUT2D eigenvalue weighted by atomic mass is 32.1. The number of piperidine rings is 1. The van der Waals surface area contributed by atoms with E-state index in [4.69, 9.17) is 0 Å². The zero-order valence-electron chi connectivity index (χ0n) is 13.3. The van der Waals surface area contributed by atoms with E-state index in [0.717, 1.165) is 28.4 Å². The van der Waals surface area contributed by atoms with Gasteiger partial charge in [0.25, 0.3) is 11.5 Å². The Hall–Kier alpha value is -2.32. The molecule has 0 radical (unpaired) electrons. The zero-order chi connectivity index (χ0) is 17.2. The predicted octanol–water partition coefficient (Wildman–Crippen LogP) is 2.97. The molecule has 4 heterocycles. The second kappa shape index (κ2) is 6.89. The van der Waals surface area contributed by atoms with Crippen LogP contribution in [-0.2, 0) is 0 Å². The third-order valence-corrected chi connectivity index (χ3v) is 6.16. The van der Waals surface area contributed by atoms with E-state index in [2.05, 4.69) is 15.0 Å². The minimum Gasteiger partial charge on any atom is -0.337 e. The number of nitrogens with one attached hydrogen (secondary N) is 1. The first-order valence-electron chi connectivity index (χ1n) is 8.04. The van der Waals surface area contributed by atoms with Gasteiger partial charge in [-0.2, -0.15) is 0 Å². The normalized spacial score (nSPS) is 17.6. The molecule has 128 valence electrons. The lowest BCUT2D eigenvalue weighted by Gasteiger charge is -2.31. The van der Waals surface area contributed by atoms with Crippen molar-refractivity contribution in [1.29, 1.82) is 0 Å². The van der Waals surface area contributed by atoms with Gasteiger partial charge in [0.05, 0.1) is 16.9 Å². The lowest BCUT2D eigenvalue weighted by molar-refractivity contribution is 0.0701. The van der Waals surface area contributed by atoms with E-state index in [1.54, 1.807) is 11.3 Å². The van der Waals surface area contributed by atoms with Crippen molar-refractivity contribution in [3.63, 3.8) is 0 Å². The molecular formula is C17H16N4O2S2. The molecule has 0 spiro atoms. The molecule has 1 aliphatic heterocycles. The lowest BCUT2D eigenvalue weighted by atomic mass is 9.94. The van der Waals surface area contributed by atoms with E-state index >= 15 is 0 Å². The number of hydrogen-bond acceptors (Lipinski definition) is 6. The summed E-state index contributed by atoms with van der Waals surface area (Å²) in [5.74, 6) is 0.0454. The van der Waals surface area contributed by atoms with Crippen LogP contribution in [0.5, 0.6) is 0 Å². The average molecular weight is 372 g/mol. The van der Waals surface area contributed by atoms with Crippen LogP contribution in [-0.4, -0.2) is 38.8 Å². The summed E-state index contributed by atoms with van der Waals surface area (Å²) in [7, 11) is 0. The first-order chi connectivity index (χ1) is 12.2. The van der Waals surface area contributed by atoms with Gasteiger partial charge < -0.3 is 9.88 Å². The number of likely N-dealkylation sites (tertiary alicyclic amines) is 1. The Kier molecular flexibility index (Phi) is 4.46. The topological polar surface area (TPSA) is 79.0 Å². The van der Waals surface area contributed by atoms with Crippen molar-refractivity contribution >= 4 is 28.6 Å². The van der Waals surface area contributed by atoms with Crippen LogP contribution in [0.2, 0.25) is 0 Å². The zero-order valence-corrected chi connectivity index (χ0v) is 15.0. The van der Waals surface area contributed by atoms with Gasteiger partial charge in [0.2, 0.25) is 0 Å². The SMILES string of the molecule is O=C(c1csc(-c2cccs2)n1)N1CCCC(c2cc(=O)[nH]cn2)C1. The van der Waals surface area contributed by atoms with Crippen LogP contribution in [0.4, 0.5) is 0 Å². The number of rotatable bonds is 3. The molecule has 1 unspecified atom stereocenters. The number of carbonyl (C=O) groups excluding carboxylic acids is 1. The summed E-state index contributed by atoms with van der Waals surface area (Å²) in [5.41, 5.74) is 1.08. The molecule has 0 bridgehead atoms. The van der Waals surface area contributed by atoms with Crippen molar-refractivity contribution in [3.8, 4) is 9.88 Å². The first kappa shape index (κ1) is 16.2. The van der Waals surface area contributed by atoms with Gasteiger partial charge in [0.15, 0.2) is 0 Å². The summed E-state index contributed by atoms with van der Waals surface area (Å²) in [6.45, 7) is 1.28. The Bertz CT molecular complexity index is 932. The van der Waals surface area contributed by atoms with Crippen LogP contribution >= 0.6 is 22.7 Å². The quantitative estimate of drug-likeness (QED) is 0.767. The Morgan fingerprint density at radius 2 is 2.28 bits per heavy atom. The molecule has 3 aromatic rings. The van der Waals surface area contributed by atoms with Gasteiger partial charge in [-0.15, -0.1) is 22.7 Å². The van der Waals surface area contributed by atoms with Gasteiger partial charge in [0, 0.05) is 30.5 Å². The number of aromatic nitrogens is 3. The standard InChI is InChI=1S/C17H16N4O2S2/c22-15-7-12(18-10-19-15)11-3-1-5-21(8-11)17(23)13-9-25-16(20-13)14-4-2-6-24-14/h2,4,6-7,9-11H,1,3,5,8H2,(H,18,19,22). The van der Waals surface area contributed by atoms with Crippen molar-refractivity contribution < 1.29 is 4.79 Å². The van der Waals surface area contributed by atoms with Crippen molar-refractivity contribution in [1.82, 2.24) is 19.9 Å². The molecule has 25 heavy (non-hydrogen) atoms. The van der Waals surface area contributed by atoms with E-state index < -0.39 is 0 Å². The third kappa shape index (κ3) is 3.40. The number of nitrogens with zero attached hydrogens (tertiary/aromatic N) is 3. The van der Waals surface area contributed by atoms with E-state index in [-0.39, 0.29) is 17.4 Å². The van der Waals surface area contributed by atoms with Crippen molar-refractivity contribution in [3.05, 3.63) is 57.0 Å². The number of amides is 1. The fourth-order valence-corrected chi connectivity index (χ4v) is 4.67. The minimum atomic E-state index is -0.159. The summed E-state index contributed by atoms with van der Waals surface area (Å²) in [6.07, 6.45) is 3.25. The van der Waals surface area contributed by atoms with Crippen molar-refractivity contribution in [2.24, 2.45) is 0 Å². The van der Waals surface area contributed by atoms with Crippen LogP contribution in [0.1, 0.15) is 34.9 Å². The number of thiazole rings is 1. The average Bonchev–Trinajstić information content (AvgIpc) is 3.32. The predicted molar refractivity (Wildman–Crippen MR) is 98.2 cm³/mol. The van der Waals surface area contributed by atoms with E-state index in [9.17, 15) is 9.59 Å². The summed E-state index contributed by atoms with van der Waals surface area (Å²) in [6, 6.07) is 5.51. The summed E-state index contributed by atoms with van der Waals surface area (Å²) in [4.78, 5) is 38.5. The van der Waals surface area contributed by atoms with Gasteiger partial charge in [0.1, 0.15) is 10.7 Å². The summed E-state index contributed by atoms with van der Waals surface area (Å²) in [5, 5.41) is 4.71. The molecule has 1 fully saturated rings. The first-order valence-corrected chi connectivity index (χ1v) is 9.80. The molecule has 0 aliphatic carbocycles. The van der Waals surface area contributed by atoms with Gasteiger partial charge in [-0.3, -0.25) is 9.59 Å². The Morgan fingerprint density at radius 3 is 3.08 bits per heavy atom. The molecule has 1 aliphatic rings. The highest BCUT2D eigenvalue weighted by molar-refractivity contribution is 7.20. The Labute approximate surface area is 152 Å². The van der Waals surface area contributed by atoms with Crippen LogP contribution in [0.15, 0.2) is 40.1 Å². The smallest absolute Gasteiger partial charge is 0.273 e. The fraction of sp³-hybridized carbons (Fsp3) is 0.294. The maximum absolute atomic E-state index is 12.8. The molecule has 4 rings (SSSR count). The molecule has 1 atom stereocenters. The molecule has 1 amide bonds. The molecule has 3 aromatic heterocycles. The second-order valence-corrected chi connectivity index (χ2v) is 7.75. The highest BCUT2D eigenvalue weighted by Gasteiger charge is 2.27. The number of thiophene rings is 1. The molecular weight excluding hydrogens is 356 g/mol. The second-order valence-electron chi connectivity index (χ2n) is 5.94. The minimum absolute atomic E-state index is 0.0476. The van der Waals surface area contributed by atoms with Gasteiger partial charge >= 0.3 is 0 Å². The van der Waals surface area contributed by atoms with Crippen LogP contribution in [0.25, 0.3) is 9.88 Å². The number of hydrogen-bond donors (Lipinski definition) is 1. The Morgan fingerprint density at radius 1 is 1.36 bits per heavy atom. The maximum atomic E-state index is 12.8. The summed E-state index contributed by atoms with van der Waals surface area (Å²) < 4.78 is 0. The van der Waals surface area contributed by atoms with Crippen LogP contribution in [0.3, 0.4) is 0 Å². The van der Waals surface area contributed by atoms with Crippen molar-refractivity contribution in [2.75, 3.05) is 13.1 Å². The van der Waals surface area contributed by atoms with Gasteiger partial charge in [-0.05, 0) is 24.3 Å². The van der Waals surface area contributed by atoms with Gasteiger partial charge in [-0.25, -0.2) is 9.97 Å². The molecule has 0 aromatic carbocycles. The molecule has 1 saturated heterocycles. The monoisotopic (exact) mass is 372 g/mol. The van der Waals surface area contributed by atoms with Crippen LogP contribution in [0, 0.1) is 0 Å². The summed E-state index contributed by atoms with van der Waals surface area (Å²) >= 11 is 3.11. The third-order valence-electron chi connectivity index (χ3n) is 4.28. The van der Waals surface area contributed by atoms with Gasteiger partial charge in [-0.1, -0.05) is 6.07 Å². The maximum Gasteiger partial charge on any atom is 0.273 e. The highest BCUT2D eigenvalue weighted by Crippen LogP contribution is 2.30.